The minimum absolute atomic E-state index is 0.0421. The van der Waals surface area contributed by atoms with Crippen LogP contribution in [0.5, 0.6) is 0 Å². The predicted octanol–water partition coefficient (Wildman–Crippen LogP) is 0.660. The standard InChI is InChI=1S/C13H21N3O2/c17-12(11-3-4-11)15-5-7-16(8-6-15)13(18)14-9-10-1-2-10/h10-11H,1-9H2,(H,14,18). The number of rotatable bonds is 3. The maximum absolute atomic E-state index is 11.9. The highest BCUT2D eigenvalue weighted by Crippen LogP contribution is 2.31. The van der Waals surface area contributed by atoms with Gasteiger partial charge in [-0.2, -0.15) is 0 Å². The van der Waals surface area contributed by atoms with Crippen molar-refractivity contribution in [2.75, 3.05) is 32.7 Å². The molecule has 1 N–H and O–H groups in total. The molecule has 3 rings (SSSR count). The number of hydrogen-bond donors (Lipinski definition) is 1. The quantitative estimate of drug-likeness (QED) is 0.801. The van der Waals surface area contributed by atoms with Gasteiger partial charge in [-0.15, -0.1) is 0 Å². The Balaban J connectivity index is 1.40. The molecule has 0 aromatic rings. The van der Waals surface area contributed by atoms with E-state index in [1.165, 1.54) is 12.8 Å². The van der Waals surface area contributed by atoms with Crippen molar-refractivity contribution < 1.29 is 9.59 Å². The van der Waals surface area contributed by atoms with Crippen LogP contribution < -0.4 is 5.32 Å². The molecule has 0 radical (unpaired) electrons. The summed E-state index contributed by atoms with van der Waals surface area (Å²) in [4.78, 5) is 27.5. The number of urea groups is 1. The van der Waals surface area contributed by atoms with Crippen molar-refractivity contribution in [2.24, 2.45) is 11.8 Å². The van der Waals surface area contributed by atoms with E-state index in [4.69, 9.17) is 0 Å². The van der Waals surface area contributed by atoms with Gasteiger partial charge in [0.15, 0.2) is 0 Å². The van der Waals surface area contributed by atoms with Gasteiger partial charge >= 0.3 is 6.03 Å². The van der Waals surface area contributed by atoms with Gasteiger partial charge in [0.25, 0.3) is 0 Å². The molecule has 5 heteroatoms. The van der Waals surface area contributed by atoms with E-state index in [0.29, 0.717) is 43.9 Å². The van der Waals surface area contributed by atoms with Gasteiger partial charge in [-0.3, -0.25) is 4.79 Å². The fourth-order valence-electron chi connectivity index (χ4n) is 2.38. The maximum Gasteiger partial charge on any atom is 0.317 e. The molecule has 18 heavy (non-hydrogen) atoms. The first kappa shape index (κ1) is 11.8. The molecule has 0 unspecified atom stereocenters. The zero-order chi connectivity index (χ0) is 12.5. The lowest BCUT2D eigenvalue weighted by atomic mass is 10.2. The van der Waals surface area contributed by atoms with E-state index in [-0.39, 0.29) is 6.03 Å². The van der Waals surface area contributed by atoms with E-state index >= 15 is 0 Å². The van der Waals surface area contributed by atoms with Gasteiger partial charge < -0.3 is 15.1 Å². The van der Waals surface area contributed by atoms with E-state index in [0.717, 1.165) is 19.4 Å². The van der Waals surface area contributed by atoms with Crippen LogP contribution in [0.2, 0.25) is 0 Å². The molecule has 3 aliphatic rings. The van der Waals surface area contributed by atoms with Gasteiger partial charge in [-0.1, -0.05) is 0 Å². The smallest absolute Gasteiger partial charge is 0.317 e. The van der Waals surface area contributed by atoms with Crippen LogP contribution in [0.25, 0.3) is 0 Å². The normalized spacial score (nSPS) is 24.0. The second-order valence-corrected chi connectivity index (χ2v) is 5.72. The van der Waals surface area contributed by atoms with Crippen molar-refractivity contribution in [2.45, 2.75) is 25.7 Å². The van der Waals surface area contributed by atoms with Crippen molar-refractivity contribution in [1.29, 1.82) is 0 Å². The molecule has 0 aromatic heterocycles. The fourth-order valence-corrected chi connectivity index (χ4v) is 2.38. The zero-order valence-electron chi connectivity index (χ0n) is 10.7. The first-order valence-corrected chi connectivity index (χ1v) is 7.05. The number of nitrogens with zero attached hydrogens (tertiary/aromatic N) is 2. The summed E-state index contributed by atoms with van der Waals surface area (Å²) in [6.45, 7) is 3.57. The Kier molecular flexibility index (Phi) is 3.14. The topological polar surface area (TPSA) is 52.7 Å². The maximum atomic E-state index is 11.9. The lowest BCUT2D eigenvalue weighted by Crippen LogP contribution is -2.53. The average Bonchev–Trinajstić information content (AvgIpc) is 3.29. The molecule has 3 amide bonds. The van der Waals surface area contributed by atoms with Crippen LogP contribution in [-0.4, -0.2) is 54.5 Å². The third-order valence-corrected chi connectivity index (χ3v) is 4.04. The predicted molar refractivity (Wildman–Crippen MR) is 67.0 cm³/mol. The Bertz CT molecular complexity index is 342. The van der Waals surface area contributed by atoms with Gasteiger partial charge in [0.05, 0.1) is 0 Å². The number of amides is 3. The Morgan fingerprint density at radius 2 is 1.56 bits per heavy atom. The highest BCUT2D eigenvalue weighted by atomic mass is 16.2. The van der Waals surface area contributed by atoms with Crippen LogP contribution >= 0.6 is 0 Å². The third kappa shape index (κ3) is 2.76. The fraction of sp³-hybridized carbons (Fsp3) is 0.846. The summed E-state index contributed by atoms with van der Waals surface area (Å²) in [6, 6.07) is 0.0421. The molecule has 1 aliphatic heterocycles. The zero-order valence-corrected chi connectivity index (χ0v) is 10.7. The summed E-state index contributed by atoms with van der Waals surface area (Å²) in [7, 11) is 0. The lowest BCUT2D eigenvalue weighted by Gasteiger charge is -2.34. The molecule has 0 atom stereocenters. The average molecular weight is 251 g/mol. The van der Waals surface area contributed by atoms with Crippen molar-refractivity contribution in [3.05, 3.63) is 0 Å². The van der Waals surface area contributed by atoms with Gasteiger partial charge in [-0.05, 0) is 31.6 Å². The Hall–Kier alpha value is -1.26. The monoisotopic (exact) mass is 251 g/mol. The second kappa shape index (κ2) is 4.78. The minimum Gasteiger partial charge on any atom is -0.339 e. The second-order valence-electron chi connectivity index (χ2n) is 5.72. The van der Waals surface area contributed by atoms with E-state index in [1.54, 1.807) is 0 Å². The van der Waals surface area contributed by atoms with Gasteiger partial charge in [0.2, 0.25) is 5.91 Å². The molecule has 0 spiro atoms. The van der Waals surface area contributed by atoms with Crippen LogP contribution in [0.15, 0.2) is 0 Å². The SMILES string of the molecule is O=C(NCC1CC1)N1CCN(C(=O)C2CC2)CC1. The molecule has 100 valence electrons. The van der Waals surface area contributed by atoms with Crippen LogP contribution in [0.1, 0.15) is 25.7 Å². The number of hydrogen-bond acceptors (Lipinski definition) is 2. The van der Waals surface area contributed by atoms with E-state index < -0.39 is 0 Å². The molecule has 1 heterocycles. The van der Waals surface area contributed by atoms with Crippen molar-refractivity contribution in [1.82, 2.24) is 15.1 Å². The summed E-state index contributed by atoms with van der Waals surface area (Å²) in [5, 5.41) is 2.98. The molecular formula is C13H21N3O2. The number of piperazine rings is 1. The Morgan fingerprint density at radius 1 is 0.944 bits per heavy atom. The molecule has 2 aliphatic carbocycles. The molecule has 1 saturated heterocycles. The first-order chi connectivity index (χ1) is 8.74. The first-order valence-electron chi connectivity index (χ1n) is 7.05. The Morgan fingerprint density at radius 3 is 2.11 bits per heavy atom. The summed E-state index contributed by atoms with van der Waals surface area (Å²) in [5.74, 6) is 1.31. The van der Waals surface area contributed by atoms with Crippen molar-refractivity contribution in [3.63, 3.8) is 0 Å². The number of carbonyl (C=O) groups excluding carboxylic acids is 2. The van der Waals surface area contributed by atoms with Crippen LogP contribution in [0.3, 0.4) is 0 Å². The molecule has 3 fully saturated rings. The molecule has 2 saturated carbocycles. The molecule has 5 nitrogen and oxygen atoms in total. The number of carbonyl (C=O) groups is 2. The molecule has 0 aromatic carbocycles. The largest absolute Gasteiger partial charge is 0.339 e. The van der Waals surface area contributed by atoms with Gasteiger partial charge in [0, 0.05) is 38.6 Å². The lowest BCUT2D eigenvalue weighted by molar-refractivity contribution is -0.133. The molecule has 0 bridgehead atoms. The Labute approximate surface area is 107 Å². The van der Waals surface area contributed by atoms with Crippen molar-refractivity contribution in [3.8, 4) is 0 Å². The highest BCUT2D eigenvalue weighted by molar-refractivity contribution is 5.81. The highest BCUT2D eigenvalue weighted by Gasteiger charge is 2.35. The summed E-state index contributed by atoms with van der Waals surface area (Å²) < 4.78 is 0. The van der Waals surface area contributed by atoms with Crippen LogP contribution in [0.4, 0.5) is 4.79 Å². The van der Waals surface area contributed by atoms with Crippen molar-refractivity contribution >= 4 is 11.9 Å². The van der Waals surface area contributed by atoms with Gasteiger partial charge in [0.1, 0.15) is 0 Å². The van der Waals surface area contributed by atoms with Crippen LogP contribution in [-0.2, 0) is 4.79 Å². The minimum atomic E-state index is 0.0421. The van der Waals surface area contributed by atoms with E-state index in [2.05, 4.69) is 5.32 Å². The summed E-state index contributed by atoms with van der Waals surface area (Å²) in [5.41, 5.74) is 0. The number of nitrogens with one attached hydrogen (secondary N) is 1. The van der Waals surface area contributed by atoms with E-state index in [1.807, 2.05) is 9.80 Å². The molecular weight excluding hydrogens is 230 g/mol. The third-order valence-electron chi connectivity index (χ3n) is 4.04. The van der Waals surface area contributed by atoms with Gasteiger partial charge in [-0.25, -0.2) is 4.79 Å². The van der Waals surface area contributed by atoms with Crippen LogP contribution in [0, 0.1) is 11.8 Å². The van der Waals surface area contributed by atoms with E-state index in [9.17, 15) is 9.59 Å². The summed E-state index contributed by atoms with van der Waals surface area (Å²) >= 11 is 0. The summed E-state index contributed by atoms with van der Waals surface area (Å²) in [6.07, 6.45) is 4.62.